The molecule has 1 atom stereocenters. The van der Waals surface area contributed by atoms with E-state index in [0.717, 1.165) is 12.1 Å². The molecule has 0 fully saturated rings. The average Bonchev–Trinajstić information content (AvgIpc) is 2.59. The molecule has 5 nitrogen and oxygen atoms in total. The van der Waals surface area contributed by atoms with E-state index in [-0.39, 0.29) is 13.0 Å². The molecule has 1 heterocycles. The first-order valence-electron chi connectivity index (χ1n) is 7.68. The van der Waals surface area contributed by atoms with Gasteiger partial charge >= 0.3 is 6.18 Å². The van der Waals surface area contributed by atoms with Crippen molar-refractivity contribution in [1.29, 1.82) is 0 Å². The molecular weight excluding hydrogens is 407 g/mol. The van der Waals surface area contributed by atoms with Crippen LogP contribution in [-0.2, 0) is 34.0 Å². The number of rotatable bonds is 3. The van der Waals surface area contributed by atoms with Crippen molar-refractivity contribution in [3.8, 4) is 0 Å². The minimum absolute atomic E-state index is 0.141. The number of carboxylic acid groups (broad SMARTS) is 1. The Hall–Kier alpha value is -2.10. The molecule has 0 N–H and O–H groups in total. The van der Waals surface area contributed by atoms with Gasteiger partial charge in [0.25, 0.3) is 0 Å². The van der Waals surface area contributed by atoms with Crippen LogP contribution in [0.3, 0.4) is 0 Å². The van der Waals surface area contributed by atoms with Gasteiger partial charge in [-0.25, -0.2) is 8.42 Å². The van der Waals surface area contributed by atoms with Crippen LogP contribution in [0, 0.1) is 0 Å². The highest BCUT2D eigenvalue weighted by molar-refractivity contribution is 7.89. The van der Waals surface area contributed by atoms with Gasteiger partial charge in [-0.05, 0) is 35.7 Å². The van der Waals surface area contributed by atoms with Gasteiger partial charge in [-0.1, -0.05) is 35.9 Å². The van der Waals surface area contributed by atoms with Gasteiger partial charge in [0.15, 0.2) is 0 Å². The molecule has 27 heavy (non-hydrogen) atoms. The summed E-state index contributed by atoms with van der Waals surface area (Å²) in [5.74, 6) is -1.63. The first-order chi connectivity index (χ1) is 12.5. The monoisotopic (exact) mass is 418 g/mol. The molecular formula is C17H12ClF3NO4S-. The van der Waals surface area contributed by atoms with E-state index in [1.165, 1.54) is 0 Å². The number of hydrogen-bond donors (Lipinski definition) is 0. The third-order valence-electron chi connectivity index (χ3n) is 4.33. The molecule has 2 aromatic carbocycles. The summed E-state index contributed by atoms with van der Waals surface area (Å²) < 4.78 is 65.7. The third kappa shape index (κ3) is 3.67. The normalized spacial score (nSPS) is 18.1. The number of carboxylic acids is 1. The minimum Gasteiger partial charge on any atom is -0.548 e. The second-order valence-corrected chi connectivity index (χ2v) is 8.30. The molecule has 2 aromatic rings. The Morgan fingerprint density at radius 2 is 1.78 bits per heavy atom. The zero-order valence-electron chi connectivity index (χ0n) is 13.5. The first kappa shape index (κ1) is 19.7. The minimum atomic E-state index is -4.86. The lowest BCUT2D eigenvalue weighted by Gasteiger charge is -2.36. The van der Waals surface area contributed by atoms with Crippen molar-refractivity contribution in [3.63, 3.8) is 0 Å². The number of aliphatic carboxylic acids is 1. The van der Waals surface area contributed by atoms with Gasteiger partial charge in [0.05, 0.1) is 27.5 Å². The summed E-state index contributed by atoms with van der Waals surface area (Å²) in [5, 5.41) is 10.9. The molecule has 0 amide bonds. The van der Waals surface area contributed by atoms with Gasteiger partial charge in [0, 0.05) is 6.54 Å². The highest BCUT2D eigenvalue weighted by Crippen LogP contribution is 2.37. The molecule has 1 aliphatic rings. The predicted octanol–water partition coefficient (Wildman–Crippen LogP) is 2.22. The number of benzene rings is 2. The Kier molecular flexibility index (Phi) is 4.96. The Balaban J connectivity index is 2.10. The summed E-state index contributed by atoms with van der Waals surface area (Å²) in [7, 11) is -4.54. The molecule has 1 aliphatic heterocycles. The van der Waals surface area contributed by atoms with Crippen LogP contribution in [0.25, 0.3) is 0 Å². The molecule has 0 unspecified atom stereocenters. The maximum atomic E-state index is 13.1. The Morgan fingerprint density at radius 3 is 2.37 bits per heavy atom. The average molecular weight is 419 g/mol. The molecule has 3 rings (SSSR count). The fourth-order valence-corrected chi connectivity index (χ4v) is 4.78. The molecule has 0 aromatic heterocycles. The lowest BCUT2D eigenvalue weighted by Crippen LogP contribution is -2.53. The summed E-state index contributed by atoms with van der Waals surface area (Å²) in [6.07, 6.45) is -5.00. The summed E-state index contributed by atoms with van der Waals surface area (Å²) in [6, 6.07) is 7.26. The molecule has 10 heteroatoms. The van der Waals surface area contributed by atoms with Gasteiger partial charge < -0.3 is 9.90 Å². The van der Waals surface area contributed by atoms with E-state index in [1.807, 2.05) is 0 Å². The van der Waals surface area contributed by atoms with Gasteiger partial charge in [-0.3, -0.25) is 0 Å². The maximum Gasteiger partial charge on any atom is 0.417 e. The van der Waals surface area contributed by atoms with E-state index in [2.05, 4.69) is 0 Å². The second kappa shape index (κ2) is 6.81. The smallest absolute Gasteiger partial charge is 0.417 e. The van der Waals surface area contributed by atoms with Crippen LogP contribution >= 0.6 is 11.6 Å². The van der Waals surface area contributed by atoms with Gasteiger partial charge in [-0.2, -0.15) is 17.5 Å². The predicted molar refractivity (Wildman–Crippen MR) is 88.1 cm³/mol. The van der Waals surface area contributed by atoms with Gasteiger partial charge in [-0.15, -0.1) is 0 Å². The topological polar surface area (TPSA) is 77.5 Å². The summed E-state index contributed by atoms with van der Waals surface area (Å²) in [4.78, 5) is 10.8. The lowest BCUT2D eigenvalue weighted by molar-refractivity contribution is -0.310. The molecule has 144 valence electrons. The van der Waals surface area contributed by atoms with Crippen LogP contribution in [0.15, 0.2) is 47.4 Å². The summed E-state index contributed by atoms with van der Waals surface area (Å²) in [6.45, 7) is -0.291. The number of alkyl halides is 3. The molecule has 0 bridgehead atoms. The van der Waals surface area contributed by atoms with E-state index in [4.69, 9.17) is 11.6 Å². The standard InChI is InChI=1S/C17H13ClF3NO4S/c18-14-6-5-12(8-13(14)17(19,20)21)27(25,26)22-9-11-4-2-1-3-10(11)7-15(22)16(23)24/h1-6,8,15H,7,9H2,(H,23,24)/p-1/t15-/m1/s1. The zero-order valence-corrected chi connectivity index (χ0v) is 15.1. The van der Waals surface area contributed by atoms with Crippen molar-refractivity contribution in [1.82, 2.24) is 4.31 Å². The quantitative estimate of drug-likeness (QED) is 0.765. The van der Waals surface area contributed by atoms with E-state index >= 15 is 0 Å². The Morgan fingerprint density at radius 1 is 1.15 bits per heavy atom. The number of fused-ring (bicyclic) bond motifs is 1. The second-order valence-electron chi connectivity index (χ2n) is 6.00. The van der Waals surface area contributed by atoms with Crippen molar-refractivity contribution in [2.45, 2.75) is 30.1 Å². The van der Waals surface area contributed by atoms with Gasteiger partial charge in [0.1, 0.15) is 0 Å². The zero-order chi connectivity index (χ0) is 20.0. The summed E-state index contributed by atoms with van der Waals surface area (Å²) >= 11 is 5.53. The van der Waals surface area contributed by atoms with Crippen LogP contribution in [0.4, 0.5) is 13.2 Å². The van der Waals surface area contributed by atoms with Crippen molar-refractivity contribution in [2.24, 2.45) is 0 Å². The van der Waals surface area contributed by atoms with Crippen molar-refractivity contribution in [2.75, 3.05) is 0 Å². The Labute approximate surface area is 158 Å². The largest absolute Gasteiger partial charge is 0.548 e. The van der Waals surface area contributed by atoms with Crippen molar-refractivity contribution >= 4 is 27.6 Å². The molecule has 0 saturated carbocycles. The fraction of sp³-hybridized carbons (Fsp3) is 0.235. The highest BCUT2D eigenvalue weighted by atomic mass is 35.5. The van der Waals surface area contributed by atoms with Crippen LogP contribution in [0.5, 0.6) is 0 Å². The van der Waals surface area contributed by atoms with Crippen LogP contribution < -0.4 is 5.11 Å². The molecule has 0 spiro atoms. The first-order valence-corrected chi connectivity index (χ1v) is 9.50. The Bertz CT molecular complexity index is 1010. The number of hydrogen-bond acceptors (Lipinski definition) is 4. The van der Waals surface area contributed by atoms with E-state index in [1.54, 1.807) is 24.3 Å². The fourth-order valence-electron chi connectivity index (χ4n) is 2.97. The third-order valence-corrected chi connectivity index (χ3v) is 6.51. The number of carbonyl (C=O) groups is 1. The van der Waals surface area contributed by atoms with Crippen LogP contribution in [0.1, 0.15) is 16.7 Å². The van der Waals surface area contributed by atoms with Crippen LogP contribution in [-0.4, -0.2) is 24.7 Å². The molecule has 0 radical (unpaired) electrons. The molecule has 0 saturated heterocycles. The van der Waals surface area contributed by atoms with Crippen molar-refractivity contribution in [3.05, 3.63) is 64.2 Å². The highest BCUT2D eigenvalue weighted by Gasteiger charge is 2.39. The van der Waals surface area contributed by atoms with Gasteiger partial charge in [0.2, 0.25) is 10.0 Å². The SMILES string of the molecule is O=C([O-])[C@H]1Cc2ccccc2CN1S(=O)(=O)c1ccc(Cl)c(C(F)(F)F)c1. The van der Waals surface area contributed by atoms with Crippen molar-refractivity contribution < 1.29 is 31.5 Å². The van der Waals surface area contributed by atoms with Crippen LogP contribution in [0.2, 0.25) is 5.02 Å². The van der Waals surface area contributed by atoms with E-state index in [9.17, 15) is 31.5 Å². The maximum absolute atomic E-state index is 13.1. The van der Waals surface area contributed by atoms with E-state index in [0.29, 0.717) is 21.5 Å². The molecule has 0 aliphatic carbocycles. The number of halogens is 4. The number of nitrogens with zero attached hydrogens (tertiary/aromatic N) is 1. The number of carbonyl (C=O) groups excluding carboxylic acids is 1. The number of sulfonamides is 1. The lowest BCUT2D eigenvalue weighted by atomic mass is 9.96. The summed E-state index contributed by atoms with van der Waals surface area (Å²) in [5.41, 5.74) is -0.0959. The van der Waals surface area contributed by atoms with E-state index < -0.39 is 43.7 Å².